The van der Waals surface area contributed by atoms with E-state index in [1.54, 1.807) is 26.4 Å². The smallest absolute Gasteiger partial charge is 0.319 e. The minimum atomic E-state index is -0.495. The van der Waals surface area contributed by atoms with Crippen LogP contribution in [-0.2, 0) is 4.74 Å². The number of nitrogens with zero attached hydrogens (tertiary/aromatic N) is 2. The summed E-state index contributed by atoms with van der Waals surface area (Å²) in [6.07, 6.45) is 2.38. The van der Waals surface area contributed by atoms with E-state index in [0.717, 1.165) is 39.1 Å². The topological polar surface area (TPSA) is 88.2 Å². The first-order chi connectivity index (χ1) is 15.1. The van der Waals surface area contributed by atoms with E-state index in [9.17, 15) is 9.18 Å². The van der Waals surface area contributed by atoms with Gasteiger partial charge in [0.25, 0.3) is 0 Å². The van der Waals surface area contributed by atoms with Crippen molar-refractivity contribution in [3.63, 3.8) is 0 Å². The number of aryl methyl sites for hydroxylation is 2. The Balaban J connectivity index is 0.00000385. The molecule has 33 heavy (non-hydrogen) atoms. The number of aromatic nitrogens is 2. The SMILES string of the molecule is CNc1cc2nc(C)c(-c3cc(NC(=O)NCCC(C)(C)OC)c(F)cc3C)cc2cn1.Cl. The van der Waals surface area contributed by atoms with Crippen LogP contribution in [0.3, 0.4) is 0 Å². The number of anilines is 2. The van der Waals surface area contributed by atoms with Crippen LogP contribution in [0.25, 0.3) is 22.0 Å². The number of fused-ring (bicyclic) bond motifs is 1. The van der Waals surface area contributed by atoms with Crippen LogP contribution in [0, 0.1) is 19.7 Å². The molecule has 0 spiro atoms. The van der Waals surface area contributed by atoms with E-state index in [2.05, 4.69) is 20.9 Å². The van der Waals surface area contributed by atoms with Gasteiger partial charge in [0.2, 0.25) is 0 Å². The number of hydrogen-bond donors (Lipinski definition) is 3. The van der Waals surface area contributed by atoms with Gasteiger partial charge < -0.3 is 20.7 Å². The first-order valence-electron chi connectivity index (χ1n) is 10.5. The van der Waals surface area contributed by atoms with Crippen LogP contribution in [0.15, 0.2) is 30.5 Å². The van der Waals surface area contributed by atoms with E-state index < -0.39 is 11.8 Å². The highest BCUT2D eigenvalue weighted by Crippen LogP contribution is 2.32. The van der Waals surface area contributed by atoms with Crippen molar-refractivity contribution in [2.24, 2.45) is 0 Å². The molecule has 1 aromatic carbocycles. The number of carbonyl (C=O) groups is 1. The molecule has 7 nitrogen and oxygen atoms in total. The molecule has 0 atom stereocenters. The van der Waals surface area contributed by atoms with Gasteiger partial charge in [0.05, 0.1) is 16.8 Å². The average Bonchev–Trinajstić information content (AvgIpc) is 2.74. The zero-order valence-corrected chi connectivity index (χ0v) is 20.6. The van der Waals surface area contributed by atoms with Gasteiger partial charge in [-0.15, -0.1) is 12.4 Å². The van der Waals surface area contributed by atoms with Crippen molar-refractivity contribution in [1.82, 2.24) is 15.3 Å². The van der Waals surface area contributed by atoms with Crippen molar-refractivity contribution >= 4 is 40.8 Å². The molecule has 2 heterocycles. The molecule has 2 aromatic heterocycles. The quantitative estimate of drug-likeness (QED) is 0.422. The van der Waals surface area contributed by atoms with Crippen molar-refractivity contribution < 1.29 is 13.9 Å². The Morgan fingerprint density at radius 2 is 1.88 bits per heavy atom. The summed E-state index contributed by atoms with van der Waals surface area (Å²) in [6, 6.07) is 6.47. The Hall–Kier alpha value is -2.97. The molecule has 0 aliphatic rings. The molecule has 178 valence electrons. The number of carbonyl (C=O) groups excluding carboxylic acids is 1. The number of pyridine rings is 2. The highest BCUT2D eigenvalue weighted by atomic mass is 35.5. The third-order valence-corrected chi connectivity index (χ3v) is 5.56. The largest absolute Gasteiger partial charge is 0.379 e. The average molecular weight is 476 g/mol. The summed E-state index contributed by atoms with van der Waals surface area (Å²) in [5, 5.41) is 9.24. The second-order valence-electron chi connectivity index (χ2n) is 8.38. The van der Waals surface area contributed by atoms with Crippen LogP contribution in [0.5, 0.6) is 0 Å². The fourth-order valence-electron chi connectivity index (χ4n) is 3.38. The standard InChI is InChI=1S/C24H30FN5O2.ClH/c1-14-9-19(25)21(30-23(31)27-8-7-24(3,4)32-6)11-17(14)18-10-16-13-28-22(26-5)12-20(16)29-15(18)2;/h9-13H,7-8H2,1-6H3,(H,26,28)(H2,27,30,31);1H. The molecule has 3 rings (SSSR count). The van der Waals surface area contributed by atoms with Crippen LogP contribution in [0.2, 0.25) is 0 Å². The summed E-state index contributed by atoms with van der Waals surface area (Å²) in [7, 11) is 3.43. The van der Waals surface area contributed by atoms with Gasteiger partial charge in [-0.2, -0.15) is 0 Å². The summed E-state index contributed by atoms with van der Waals surface area (Å²) in [5.41, 5.74) is 3.79. The minimum Gasteiger partial charge on any atom is -0.379 e. The molecule has 3 aromatic rings. The lowest BCUT2D eigenvalue weighted by Gasteiger charge is -2.22. The molecule has 0 unspecified atom stereocenters. The summed E-state index contributed by atoms with van der Waals surface area (Å²) in [5.74, 6) is 0.242. The van der Waals surface area contributed by atoms with Crippen LogP contribution in [-0.4, -0.2) is 42.3 Å². The van der Waals surface area contributed by atoms with E-state index in [0.29, 0.717) is 13.0 Å². The fraction of sp³-hybridized carbons (Fsp3) is 0.375. The maximum Gasteiger partial charge on any atom is 0.319 e. The molecule has 2 amide bonds. The molecule has 9 heteroatoms. The predicted molar refractivity (Wildman–Crippen MR) is 134 cm³/mol. The zero-order valence-electron chi connectivity index (χ0n) is 19.8. The van der Waals surface area contributed by atoms with Gasteiger partial charge >= 0.3 is 6.03 Å². The number of rotatable bonds is 7. The summed E-state index contributed by atoms with van der Waals surface area (Å²) < 4.78 is 20.0. The van der Waals surface area contributed by atoms with Gasteiger partial charge in [0, 0.05) is 49.6 Å². The second kappa shape index (κ2) is 10.8. The van der Waals surface area contributed by atoms with Gasteiger partial charge in [-0.3, -0.25) is 4.98 Å². The van der Waals surface area contributed by atoms with Crippen molar-refractivity contribution in [2.75, 3.05) is 31.3 Å². The van der Waals surface area contributed by atoms with Gasteiger partial charge in [-0.25, -0.2) is 14.2 Å². The van der Waals surface area contributed by atoms with Gasteiger partial charge in [0.1, 0.15) is 11.6 Å². The monoisotopic (exact) mass is 475 g/mol. The molecule has 0 aliphatic heterocycles. The van der Waals surface area contributed by atoms with E-state index in [1.165, 1.54) is 6.07 Å². The molecule has 0 aliphatic carbocycles. The van der Waals surface area contributed by atoms with E-state index in [-0.39, 0.29) is 23.7 Å². The second-order valence-corrected chi connectivity index (χ2v) is 8.38. The first kappa shape index (κ1) is 26.3. The Morgan fingerprint density at radius 1 is 1.15 bits per heavy atom. The van der Waals surface area contributed by atoms with Gasteiger partial charge in [-0.05, 0) is 63.4 Å². The molecule has 0 saturated carbocycles. The Kier molecular flexibility index (Phi) is 8.57. The molecular formula is C24H31ClFN5O2. The van der Waals surface area contributed by atoms with E-state index >= 15 is 0 Å². The van der Waals surface area contributed by atoms with E-state index in [1.807, 2.05) is 39.8 Å². The maximum atomic E-state index is 14.6. The zero-order chi connectivity index (χ0) is 23.5. The van der Waals surface area contributed by atoms with Crippen LogP contribution >= 0.6 is 12.4 Å². The molecule has 0 saturated heterocycles. The maximum absolute atomic E-state index is 14.6. The van der Waals surface area contributed by atoms with Crippen LogP contribution in [0.1, 0.15) is 31.5 Å². The Bertz CT molecular complexity index is 1150. The number of benzene rings is 1. The number of amides is 2. The van der Waals surface area contributed by atoms with Crippen molar-refractivity contribution in [3.8, 4) is 11.1 Å². The highest BCUT2D eigenvalue weighted by molar-refractivity contribution is 5.92. The van der Waals surface area contributed by atoms with Gasteiger partial charge in [0.15, 0.2) is 0 Å². The molecule has 0 bridgehead atoms. The van der Waals surface area contributed by atoms with E-state index in [4.69, 9.17) is 9.72 Å². The third-order valence-electron chi connectivity index (χ3n) is 5.56. The lowest BCUT2D eigenvalue weighted by molar-refractivity contribution is 0.0165. The number of nitrogens with one attached hydrogen (secondary N) is 3. The lowest BCUT2D eigenvalue weighted by Crippen LogP contribution is -2.34. The van der Waals surface area contributed by atoms with Crippen molar-refractivity contribution in [2.45, 2.75) is 39.7 Å². The predicted octanol–water partition coefficient (Wildman–Crippen LogP) is 5.45. The number of halogens is 2. The molecule has 3 N–H and O–H groups in total. The first-order valence-corrected chi connectivity index (χ1v) is 10.5. The summed E-state index contributed by atoms with van der Waals surface area (Å²) >= 11 is 0. The molecule has 0 fully saturated rings. The lowest BCUT2D eigenvalue weighted by atomic mass is 9.97. The highest BCUT2D eigenvalue weighted by Gasteiger charge is 2.17. The third kappa shape index (κ3) is 6.30. The van der Waals surface area contributed by atoms with Crippen molar-refractivity contribution in [3.05, 3.63) is 47.5 Å². The number of hydrogen-bond acceptors (Lipinski definition) is 5. The van der Waals surface area contributed by atoms with Crippen LogP contribution in [0.4, 0.5) is 20.7 Å². The van der Waals surface area contributed by atoms with Crippen LogP contribution < -0.4 is 16.0 Å². The Morgan fingerprint density at radius 3 is 2.55 bits per heavy atom. The van der Waals surface area contributed by atoms with Gasteiger partial charge in [-0.1, -0.05) is 0 Å². The normalized spacial score (nSPS) is 11.1. The Labute approximate surface area is 200 Å². The number of urea groups is 1. The summed E-state index contributed by atoms with van der Waals surface area (Å²) in [4.78, 5) is 21.4. The number of methoxy groups -OCH3 is 1. The fourth-order valence-corrected chi connectivity index (χ4v) is 3.38. The minimum absolute atomic E-state index is 0. The molecular weight excluding hydrogens is 445 g/mol. The number of ether oxygens (including phenoxy) is 1. The molecule has 0 radical (unpaired) electrons. The van der Waals surface area contributed by atoms with Crippen molar-refractivity contribution in [1.29, 1.82) is 0 Å². The summed E-state index contributed by atoms with van der Waals surface area (Å²) in [6.45, 7) is 8.03.